The van der Waals surface area contributed by atoms with Crippen molar-refractivity contribution < 1.29 is 22.7 Å². The zero-order valence-corrected chi connectivity index (χ0v) is 12.6. The Hall–Kier alpha value is -2.04. The number of terminal acetylenes is 1. The van der Waals surface area contributed by atoms with Crippen molar-refractivity contribution in [1.82, 2.24) is 5.32 Å². The molecule has 0 fully saturated rings. The predicted octanol–water partition coefficient (Wildman–Crippen LogP) is 0.650. The van der Waals surface area contributed by atoms with Gasteiger partial charge >= 0.3 is 5.97 Å². The lowest BCUT2D eigenvalue weighted by Gasteiger charge is -2.07. The average Bonchev–Trinajstić information content (AvgIpc) is 2.41. The third-order valence-corrected chi connectivity index (χ3v) is 3.75. The van der Waals surface area contributed by atoms with Crippen molar-refractivity contribution in [1.29, 1.82) is 0 Å². The van der Waals surface area contributed by atoms with Crippen LogP contribution < -0.4 is 5.32 Å². The van der Waals surface area contributed by atoms with Crippen molar-refractivity contribution in [2.45, 2.75) is 4.90 Å². The number of sulfone groups is 1. The van der Waals surface area contributed by atoms with E-state index in [0.717, 1.165) is 12.3 Å². The van der Waals surface area contributed by atoms with E-state index >= 15 is 0 Å². The highest BCUT2D eigenvalue weighted by Crippen LogP contribution is 2.21. The van der Waals surface area contributed by atoms with Crippen molar-refractivity contribution in [3.63, 3.8) is 0 Å². The summed E-state index contributed by atoms with van der Waals surface area (Å²) in [6.07, 6.45) is 5.95. The van der Waals surface area contributed by atoms with Crippen LogP contribution in [0.15, 0.2) is 23.1 Å². The Morgan fingerprint density at radius 3 is 2.67 bits per heavy atom. The molecular formula is C13H12ClNO5S. The van der Waals surface area contributed by atoms with E-state index in [1.54, 1.807) is 0 Å². The van der Waals surface area contributed by atoms with Gasteiger partial charge < -0.3 is 10.1 Å². The number of halogens is 1. The summed E-state index contributed by atoms with van der Waals surface area (Å²) < 4.78 is 27.6. The monoisotopic (exact) mass is 329 g/mol. The molecule has 1 rings (SSSR count). The van der Waals surface area contributed by atoms with Crippen LogP contribution >= 0.6 is 11.6 Å². The molecular weight excluding hydrogens is 318 g/mol. The van der Waals surface area contributed by atoms with Crippen LogP contribution in [-0.2, 0) is 19.4 Å². The molecule has 0 aliphatic heterocycles. The topological polar surface area (TPSA) is 89.5 Å². The van der Waals surface area contributed by atoms with Crippen LogP contribution in [-0.4, -0.2) is 39.7 Å². The number of nitrogens with one attached hydrogen (secondary N) is 1. The Morgan fingerprint density at radius 2 is 2.10 bits per heavy atom. The van der Waals surface area contributed by atoms with Crippen molar-refractivity contribution in [3.8, 4) is 12.3 Å². The molecule has 1 aromatic rings. The second kappa shape index (κ2) is 7.11. The molecule has 0 spiro atoms. The number of esters is 1. The number of carbonyl (C=O) groups excluding carboxylic acids is 2. The van der Waals surface area contributed by atoms with Gasteiger partial charge in [0.2, 0.25) is 0 Å². The van der Waals surface area contributed by atoms with Gasteiger partial charge in [0.1, 0.15) is 0 Å². The van der Waals surface area contributed by atoms with E-state index in [4.69, 9.17) is 22.8 Å². The van der Waals surface area contributed by atoms with E-state index in [9.17, 15) is 18.0 Å². The predicted molar refractivity (Wildman–Crippen MR) is 76.7 cm³/mol. The van der Waals surface area contributed by atoms with E-state index < -0.39 is 28.3 Å². The molecule has 0 saturated heterocycles. The second-order valence-electron chi connectivity index (χ2n) is 3.97. The van der Waals surface area contributed by atoms with Crippen LogP contribution in [0.2, 0.25) is 5.02 Å². The molecule has 0 bridgehead atoms. The van der Waals surface area contributed by atoms with Gasteiger partial charge in [0, 0.05) is 6.26 Å². The van der Waals surface area contributed by atoms with Gasteiger partial charge in [0.05, 0.1) is 22.0 Å². The molecule has 112 valence electrons. The summed E-state index contributed by atoms with van der Waals surface area (Å²) in [5, 5.41) is 2.33. The Morgan fingerprint density at radius 1 is 1.43 bits per heavy atom. The molecule has 1 N–H and O–H groups in total. The number of hydrogen-bond acceptors (Lipinski definition) is 5. The van der Waals surface area contributed by atoms with Crippen LogP contribution in [0, 0.1) is 12.3 Å². The normalized spacial score (nSPS) is 10.5. The first-order chi connectivity index (χ1) is 9.75. The minimum absolute atomic E-state index is 0.0146. The van der Waals surface area contributed by atoms with E-state index in [0.29, 0.717) is 0 Å². The molecule has 0 aromatic heterocycles. The van der Waals surface area contributed by atoms with Gasteiger partial charge in [-0.15, -0.1) is 6.42 Å². The molecule has 0 unspecified atom stereocenters. The Balaban J connectivity index is 2.84. The van der Waals surface area contributed by atoms with Gasteiger partial charge in [0.15, 0.2) is 16.4 Å². The van der Waals surface area contributed by atoms with Gasteiger partial charge in [-0.25, -0.2) is 13.2 Å². The molecule has 0 atom stereocenters. The van der Waals surface area contributed by atoms with Gasteiger partial charge in [-0.05, 0) is 18.2 Å². The number of rotatable bonds is 5. The highest BCUT2D eigenvalue weighted by Gasteiger charge is 2.17. The SMILES string of the molecule is C#CCNC(=O)COC(=O)c1cc(S(C)(=O)=O)ccc1Cl. The highest BCUT2D eigenvalue weighted by atomic mass is 35.5. The second-order valence-corrected chi connectivity index (χ2v) is 6.39. The van der Waals surface area contributed by atoms with Crippen LogP contribution in [0.25, 0.3) is 0 Å². The summed E-state index contributed by atoms with van der Waals surface area (Å²) in [6, 6.07) is 3.64. The molecule has 8 heteroatoms. The lowest BCUT2D eigenvalue weighted by molar-refractivity contribution is -0.123. The van der Waals surface area contributed by atoms with Gasteiger partial charge in [0.25, 0.3) is 5.91 Å². The molecule has 0 aliphatic rings. The van der Waals surface area contributed by atoms with Crippen LogP contribution in [0.5, 0.6) is 0 Å². The van der Waals surface area contributed by atoms with Gasteiger partial charge in [-0.1, -0.05) is 17.5 Å². The quantitative estimate of drug-likeness (QED) is 0.633. The largest absolute Gasteiger partial charge is 0.452 e. The summed E-state index contributed by atoms with van der Waals surface area (Å²) >= 11 is 5.82. The first-order valence-electron chi connectivity index (χ1n) is 5.62. The number of hydrogen-bond donors (Lipinski definition) is 1. The van der Waals surface area contributed by atoms with Crippen LogP contribution in [0.3, 0.4) is 0 Å². The molecule has 6 nitrogen and oxygen atoms in total. The molecule has 0 radical (unpaired) electrons. The van der Waals surface area contributed by atoms with E-state index in [2.05, 4.69) is 11.2 Å². The van der Waals surface area contributed by atoms with E-state index in [-0.39, 0.29) is 22.0 Å². The standard InChI is InChI=1S/C13H12ClNO5S/c1-3-6-15-12(16)8-20-13(17)10-7-9(21(2,18)19)4-5-11(10)14/h1,4-5,7H,6,8H2,2H3,(H,15,16). The number of ether oxygens (including phenoxy) is 1. The van der Waals surface area contributed by atoms with Crippen molar-refractivity contribution in [3.05, 3.63) is 28.8 Å². The molecule has 21 heavy (non-hydrogen) atoms. The first kappa shape index (κ1) is 17.0. The smallest absolute Gasteiger partial charge is 0.340 e. The van der Waals surface area contributed by atoms with Crippen LogP contribution in [0.1, 0.15) is 10.4 Å². The first-order valence-corrected chi connectivity index (χ1v) is 7.89. The minimum Gasteiger partial charge on any atom is -0.452 e. The fourth-order valence-corrected chi connectivity index (χ4v) is 2.14. The van der Waals surface area contributed by atoms with Crippen molar-refractivity contribution in [2.75, 3.05) is 19.4 Å². The minimum atomic E-state index is -3.49. The van der Waals surface area contributed by atoms with Gasteiger partial charge in [-0.2, -0.15) is 0 Å². The lowest BCUT2D eigenvalue weighted by Crippen LogP contribution is -2.29. The fourth-order valence-electron chi connectivity index (χ4n) is 1.30. The number of amides is 1. The van der Waals surface area contributed by atoms with Crippen LogP contribution in [0.4, 0.5) is 0 Å². The Labute approximate surface area is 127 Å². The number of benzene rings is 1. The Kier molecular flexibility index (Phi) is 5.76. The zero-order valence-electron chi connectivity index (χ0n) is 11.1. The average molecular weight is 330 g/mol. The third-order valence-electron chi connectivity index (χ3n) is 2.31. The summed E-state index contributed by atoms with van der Waals surface area (Å²) in [6.45, 7) is -0.527. The summed E-state index contributed by atoms with van der Waals surface area (Å²) in [4.78, 5) is 23.0. The summed E-state index contributed by atoms with van der Waals surface area (Å²) in [5.74, 6) is 0.717. The molecule has 0 heterocycles. The number of carbonyl (C=O) groups is 2. The van der Waals surface area contributed by atoms with E-state index in [1.807, 2.05) is 0 Å². The zero-order chi connectivity index (χ0) is 16.0. The maximum Gasteiger partial charge on any atom is 0.340 e. The molecule has 1 aromatic carbocycles. The van der Waals surface area contributed by atoms with Crippen molar-refractivity contribution >= 4 is 33.3 Å². The van der Waals surface area contributed by atoms with Crippen molar-refractivity contribution in [2.24, 2.45) is 0 Å². The molecule has 0 aliphatic carbocycles. The highest BCUT2D eigenvalue weighted by molar-refractivity contribution is 7.90. The maximum atomic E-state index is 11.8. The van der Waals surface area contributed by atoms with E-state index in [1.165, 1.54) is 12.1 Å². The lowest BCUT2D eigenvalue weighted by atomic mass is 10.2. The molecule has 1 amide bonds. The third kappa shape index (κ3) is 5.10. The maximum absolute atomic E-state index is 11.8. The van der Waals surface area contributed by atoms with Gasteiger partial charge in [-0.3, -0.25) is 4.79 Å². The summed E-state index contributed by atoms with van der Waals surface area (Å²) in [7, 11) is -3.49. The fraction of sp³-hybridized carbons (Fsp3) is 0.231. The Bertz CT molecular complexity index is 706. The molecule has 0 saturated carbocycles. The summed E-state index contributed by atoms with van der Waals surface area (Å²) in [5.41, 5.74) is -0.135.